The summed E-state index contributed by atoms with van der Waals surface area (Å²) in [7, 11) is 0. The van der Waals surface area contributed by atoms with E-state index in [9.17, 15) is 0 Å². The molecule has 0 bridgehead atoms. The van der Waals surface area contributed by atoms with Gasteiger partial charge in [-0.2, -0.15) is 0 Å². The molecule has 0 fully saturated rings. The van der Waals surface area contributed by atoms with Crippen molar-refractivity contribution in [3.63, 3.8) is 0 Å². The Morgan fingerprint density at radius 3 is 1.22 bits per heavy atom. The summed E-state index contributed by atoms with van der Waals surface area (Å²) < 4.78 is 14.3. The molecule has 0 amide bonds. The SMILES string of the molecule is CC1(C)c2ccccc2-c2c1c1c(c3c2oc2ccccc23)-c2ccc(N(c3ccc4c(c3)C(c3ccccc3)(c3ccccc3)c3cc(-c5ccccc5)c5oc6ccccc6c5c3-4)c3ccc4c(c3)C3(c5ccccc5-c5ccccc53)c3ccccc3-4)cc2C1(C)C. The maximum Gasteiger partial charge on any atom is 0.144 e. The topological polar surface area (TPSA) is 29.5 Å². The van der Waals surface area contributed by atoms with Gasteiger partial charge in [0, 0.05) is 60.6 Å². The van der Waals surface area contributed by atoms with E-state index in [-0.39, 0.29) is 5.41 Å². The smallest absolute Gasteiger partial charge is 0.144 e. The lowest BCUT2D eigenvalue weighted by molar-refractivity contribution is 0.600. The Morgan fingerprint density at radius 1 is 0.263 bits per heavy atom. The van der Waals surface area contributed by atoms with Crippen molar-refractivity contribution in [2.45, 2.75) is 49.4 Å². The molecular formula is C92H61NO2. The molecule has 3 heteroatoms. The van der Waals surface area contributed by atoms with Crippen LogP contribution in [-0.4, -0.2) is 0 Å². The first kappa shape index (κ1) is 53.0. The zero-order valence-corrected chi connectivity index (χ0v) is 53.1. The van der Waals surface area contributed by atoms with Gasteiger partial charge in [-0.3, -0.25) is 0 Å². The highest BCUT2D eigenvalue weighted by atomic mass is 16.3. The minimum absolute atomic E-state index is 0.297. The van der Waals surface area contributed by atoms with E-state index in [2.05, 4.69) is 330 Å². The molecule has 2 heterocycles. The lowest BCUT2D eigenvalue weighted by atomic mass is 9.67. The normalized spacial score (nSPS) is 15.3. The van der Waals surface area contributed by atoms with Gasteiger partial charge in [0.15, 0.2) is 0 Å². The van der Waals surface area contributed by atoms with Gasteiger partial charge in [-0.15, -0.1) is 0 Å². The highest BCUT2D eigenvalue weighted by molar-refractivity contribution is 6.22. The fourth-order valence-corrected chi connectivity index (χ4v) is 19.1. The molecule has 5 aliphatic carbocycles. The van der Waals surface area contributed by atoms with Crippen LogP contribution in [0.2, 0.25) is 0 Å². The number of nitrogens with zero attached hydrogens (tertiary/aromatic N) is 1. The van der Waals surface area contributed by atoms with E-state index >= 15 is 0 Å². The average Bonchev–Trinajstić information content (AvgIpc) is 1.53. The van der Waals surface area contributed by atoms with E-state index in [0.29, 0.717) is 0 Å². The van der Waals surface area contributed by atoms with Gasteiger partial charge in [0.2, 0.25) is 0 Å². The van der Waals surface area contributed by atoms with Crippen molar-refractivity contribution in [1.82, 2.24) is 0 Å². The summed E-state index contributed by atoms with van der Waals surface area (Å²) in [5, 5.41) is 4.59. The molecule has 5 aliphatic rings. The van der Waals surface area contributed by atoms with Crippen LogP contribution in [-0.2, 0) is 21.7 Å². The fourth-order valence-electron chi connectivity index (χ4n) is 19.1. The van der Waals surface area contributed by atoms with Crippen molar-refractivity contribution in [1.29, 1.82) is 0 Å². The van der Waals surface area contributed by atoms with Gasteiger partial charge in [0.25, 0.3) is 0 Å². The monoisotopic (exact) mass is 1210 g/mol. The molecule has 0 unspecified atom stereocenters. The van der Waals surface area contributed by atoms with E-state index in [0.717, 1.165) is 66.7 Å². The van der Waals surface area contributed by atoms with Crippen molar-refractivity contribution in [2.24, 2.45) is 0 Å². The second kappa shape index (κ2) is 18.6. The van der Waals surface area contributed by atoms with Crippen LogP contribution >= 0.6 is 0 Å². The van der Waals surface area contributed by atoms with Gasteiger partial charge in [-0.05, 0) is 177 Å². The third-order valence-electron chi connectivity index (χ3n) is 22.9. The zero-order chi connectivity index (χ0) is 62.8. The van der Waals surface area contributed by atoms with E-state index in [1.165, 1.54) is 128 Å². The highest BCUT2D eigenvalue weighted by Crippen LogP contribution is 2.67. The molecule has 0 N–H and O–H groups in total. The minimum Gasteiger partial charge on any atom is -0.455 e. The summed E-state index contributed by atoms with van der Waals surface area (Å²) >= 11 is 0. The van der Waals surface area contributed by atoms with E-state index in [4.69, 9.17) is 8.83 Å². The van der Waals surface area contributed by atoms with E-state index < -0.39 is 16.2 Å². The first-order valence-corrected chi connectivity index (χ1v) is 33.5. The Kier molecular flexibility index (Phi) is 10.4. The van der Waals surface area contributed by atoms with Gasteiger partial charge in [0.1, 0.15) is 22.3 Å². The number of rotatable bonds is 6. The lowest BCUT2D eigenvalue weighted by Crippen LogP contribution is -2.29. The van der Waals surface area contributed by atoms with Gasteiger partial charge >= 0.3 is 0 Å². The van der Waals surface area contributed by atoms with Crippen LogP contribution in [0.1, 0.15) is 94.5 Å². The largest absolute Gasteiger partial charge is 0.455 e. The molecule has 14 aromatic carbocycles. The number of furan rings is 2. The summed E-state index contributed by atoms with van der Waals surface area (Å²) in [6.07, 6.45) is 0. The molecule has 0 atom stereocenters. The van der Waals surface area contributed by atoms with Crippen LogP contribution < -0.4 is 4.90 Å². The van der Waals surface area contributed by atoms with Crippen molar-refractivity contribution in [2.75, 3.05) is 4.90 Å². The molecule has 3 nitrogen and oxygen atoms in total. The van der Waals surface area contributed by atoms with E-state index in [1.807, 2.05) is 0 Å². The molecule has 0 saturated carbocycles. The van der Waals surface area contributed by atoms with Crippen LogP contribution in [0.5, 0.6) is 0 Å². The number of para-hydroxylation sites is 2. The molecule has 0 aliphatic heterocycles. The molecule has 446 valence electrons. The first-order valence-electron chi connectivity index (χ1n) is 33.5. The number of hydrogen-bond acceptors (Lipinski definition) is 3. The van der Waals surface area contributed by atoms with Crippen molar-refractivity contribution < 1.29 is 8.83 Å². The fraction of sp³-hybridized carbons (Fsp3) is 0.0870. The van der Waals surface area contributed by atoms with Gasteiger partial charge < -0.3 is 13.7 Å². The minimum atomic E-state index is -0.781. The van der Waals surface area contributed by atoms with Gasteiger partial charge in [-0.1, -0.05) is 270 Å². The maximum atomic E-state index is 7.17. The number of hydrogen-bond donors (Lipinski definition) is 0. The zero-order valence-electron chi connectivity index (χ0n) is 53.1. The third kappa shape index (κ3) is 6.56. The van der Waals surface area contributed by atoms with Crippen molar-refractivity contribution in [3.8, 4) is 66.8 Å². The molecule has 1 spiro atoms. The maximum absolute atomic E-state index is 7.17. The van der Waals surface area contributed by atoms with Crippen molar-refractivity contribution in [3.05, 3.63) is 364 Å². The molecule has 0 radical (unpaired) electrons. The Labute approximate surface area is 551 Å². The molecule has 95 heavy (non-hydrogen) atoms. The van der Waals surface area contributed by atoms with Gasteiger partial charge in [-0.25, -0.2) is 0 Å². The van der Waals surface area contributed by atoms with E-state index in [1.54, 1.807) is 0 Å². The number of fused-ring (bicyclic) bond motifs is 29. The van der Waals surface area contributed by atoms with Crippen molar-refractivity contribution >= 4 is 60.9 Å². The summed E-state index contributed by atoms with van der Waals surface area (Å²) in [4.78, 5) is 2.60. The predicted octanol–water partition coefficient (Wildman–Crippen LogP) is 23.9. The Bertz CT molecular complexity index is 5930. The summed E-state index contributed by atoms with van der Waals surface area (Å²) in [6, 6.07) is 112. The lowest BCUT2D eigenvalue weighted by Gasteiger charge is -2.35. The molecule has 16 aromatic rings. The summed E-state index contributed by atoms with van der Waals surface area (Å²) in [5.74, 6) is 0. The van der Waals surface area contributed by atoms with Crippen LogP contribution in [0.3, 0.4) is 0 Å². The molecule has 21 rings (SSSR count). The predicted molar refractivity (Wildman–Crippen MR) is 390 cm³/mol. The Morgan fingerprint density at radius 2 is 0.653 bits per heavy atom. The van der Waals surface area contributed by atoms with Crippen LogP contribution in [0, 0.1) is 0 Å². The van der Waals surface area contributed by atoms with Crippen LogP contribution in [0.4, 0.5) is 17.1 Å². The highest BCUT2D eigenvalue weighted by Gasteiger charge is 2.54. The Hall–Kier alpha value is -11.5. The quantitative estimate of drug-likeness (QED) is 0.166. The molecule has 0 saturated heterocycles. The third-order valence-corrected chi connectivity index (χ3v) is 22.9. The van der Waals surface area contributed by atoms with Gasteiger partial charge in [0.05, 0.1) is 10.8 Å². The molecular weight excluding hydrogens is 1150 g/mol. The Balaban J connectivity index is 0.869. The average molecular weight is 1210 g/mol. The second-order valence-corrected chi connectivity index (χ2v) is 28.0. The molecule has 2 aromatic heterocycles. The summed E-state index contributed by atoms with van der Waals surface area (Å²) in [5.41, 5.74) is 35.1. The summed E-state index contributed by atoms with van der Waals surface area (Å²) in [6.45, 7) is 9.82. The second-order valence-electron chi connectivity index (χ2n) is 28.0. The van der Waals surface area contributed by atoms with Crippen LogP contribution in [0.15, 0.2) is 306 Å². The van der Waals surface area contributed by atoms with Crippen LogP contribution in [0.25, 0.3) is 111 Å². The number of benzene rings is 14. The standard InChI is InChI=1S/C92H61NO2/c1-89(2)70-38-20-17-35-64(70)84-86(89)85-81(83-68-37-19-25-43-79(68)95-88(83)84)65-48-45-57(50-74(65)90(85,3)4)93(58-44-47-63-62-34-16-23-41-73(62)92(75(63)51-58)71-39-21-14-32-60(71)61-33-15-22-40-72(61)92)59-46-49-66-76(52-59)91(55-28-10-6-11-29-55,56-30-12-7-13-31-56)77-53-69(54-26-8-5-9-27-54)87-82(80(66)77)67-36-18-24-42-78(67)94-87/h5-53H,1-4H3. The number of anilines is 3. The first-order chi connectivity index (χ1) is 46.7.